The Bertz CT molecular complexity index is 1120. The van der Waals surface area contributed by atoms with E-state index >= 15 is 0 Å². The van der Waals surface area contributed by atoms with E-state index in [9.17, 15) is 4.79 Å². The Balaban J connectivity index is 1.67. The Hall–Kier alpha value is -3.67. The number of aryl methyl sites for hydroxylation is 2. The highest BCUT2D eigenvalue weighted by Crippen LogP contribution is 2.30. The van der Waals surface area contributed by atoms with Crippen molar-refractivity contribution in [3.8, 4) is 11.5 Å². The van der Waals surface area contributed by atoms with Crippen molar-refractivity contribution in [2.75, 3.05) is 5.32 Å². The SMILES string of the molecule is Cc1cc(C(=O)Nc2ccccc2Oc2ccccc2)c2c(C)n[nH]c2n1. The standard InChI is InChI=1S/C21H18N4O2/c1-13-12-16(19-14(2)24-25-20(19)22-13)21(26)23-17-10-6-7-11-18(17)27-15-8-4-3-5-9-15/h3-12H,1-2H3,(H,23,26)(H,22,24,25). The molecule has 134 valence electrons. The van der Waals surface area contributed by atoms with Crippen LogP contribution in [0.3, 0.4) is 0 Å². The normalized spacial score (nSPS) is 10.7. The lowest BCUT2D eigenvalue weighted by molar-refractivity contribution is 0.102. The van der Waals surface area contributed by atoms with E-state index in [1.807, 2.05) is 68.4 Å². The van der Waals surface area contributed by atoms with Crippen LogP contribution in [0.2, 0.25) is 0 Å². The Labute approximate surface area is 156 Å². The third-order valence-corrected chi connectivity index (χ3v) is 4.19. The molecule has 6 nitrogen and oxygen atoms in total. The molecule has 0 unspecified atom stereocenters. The van der Waals surface area contributed by atoms with Gasteiger partial charge in [-0.1, -0.05) is 30.3 Å². The van der Waals surface area contributed by atoms with Crippen LogP contribution in [-0.2, 0) is 0 Å². The first-order valence-electron chi connectivity index (χ1n) is 8.57. The van der Waals surface area contributed by atoms with Gasteiger partial charge < -0.3 is 10.1 Å². The van der Waals surface area contributed by atoms with Crippen molar-refractivity contribution in [1.82, 2.24) is 15.2 Å². The quantitative estimate of drug-likeness (QED) is 0.558. The average Bonchev–Trinajstić information content (AvgIpc) is 3.04. The van der Waals surface area contributed by atoms with Gasteiger partial charge in [0.2, 0.25) is 0 Å². The number of nitrogens with zero attached hydrogens (tertiary/aromatic N) is 2. The summed E-state index contributed by atoms with van der Waals surface area (Å²) < 4.78 is 5.92. The second-order valence-electron chi connectivity index (χ2n) is 6.21. The van der Waals surface area contributed by atoms with Crippen molar-refractivity contribution in [2.24, 2.45) is 0 Å². The van der Waals surface area contributed by atoms with Crippen LogP contribution < -0.4 is 10.1 Å². The number of hydrogen-bond donors (Lipinski definition) is 2. The number of amides is 1. The monoisotopic (exact) mass is 358 g/mol. The lowest BCUT2D eigenvalue weighted by atomic mass is 10.1. The number of fused-ring (bicyclic) bond motifs is 1. The highest BCUT2D eigenvalue weighted by Gasteiger charge is 2.17. The van der Waals surface area contributed by atoms with Crippen LogP contribution in [0.4, 0.5) is 5.69 Å². The summed E-state index contributed by atoms with van der Waals surface area (Å²) >= 11 is 0. The Morgan fingerprint density at radius 2 is 1.78 bits per heavy atom. The lowest BCUT2D eigenvalue weighted by Gasteiger charge is -2.13. The van der Waals surface area contributed by atoms with Crippen molar-refractivity contribution in [3.05, 3.63) is 77.6 Å². The molecule has 6 heteroatoms. The molecule has 2 N–H and O–H groups in total. The Morgan fingerprint density at radius 1 is 1.04 bits per heavy atom. The zero-order valence-corrected chi connectivity index (χ0v) is 15.0. The number of ether oxygens (including phenoxy) is 1. The number of H-pyrrole nitrogens is 1. The molecule has 0 saturated carbocycles. The van der Waals surface area contributed by atoms with Crippen molar-refractivity contribution in [2.45, 2.75) is 13.8 Å². The van der Waals surface area contributed by atoms with Gasteiger partial charge in [-0.25, -0.2) is 4.98 Å². The van der Waals surface area contributed by atoms with E-state index in [0.29, 0.717) is 28.4 Å². The molecule has 1 amide bonds. The van der Waals surface area contributed by atoms with E-state index in [4.69, 9.17) is 4.74 Å². The first-order chi connectivity index (χ1) is 13.1. The number of carbonyl (C=O) groups excluding carboxylic acids is 1. The molecule has 2 heterocycles. The van der Waals surface area contributed by atoms with Crippen LogP contribution in [0.15, 0.2) is 60.7 Å². The van der Waals surface area contributed by atoms with E-state index in [1.165, 1.54) is 0 Å². The highest BCUT2D eigenvalue weighted by molar-refractivity contribution is 6.13. The number of hydrogen-bond acceptors (Lipinski definition) is 4. The molecule has 0 aliphatic rings. The Kier molecular flexibility index (Phi) is 4.30. The molecular formula is C21H18N4O2. The molecule has 27 heavy (non-hydrogen) atoms. The molecular weight excluding hydrogens is 340 g/mol. The van der Waals surface area contributed by atoms with E-state index in [0.717, 1.165) is 16.8 Å². The first-order valence-corrected chi connectivity index (χ1v) is 8.57. The summed E-state index contributed by atoms with van der Waals surface area (Å²) in [6.07, 6.45) is 0. The van der Waals surface area contributed by atoms with Crippen LogP contribution in [-0.4, -0.2) is 21.1 Å². The minimum absolute atomic E-state index is 0.237. The molecule has 0 atom stereocenters. The molecule has 0 spiro atoms. The summed E-state index contributed by atoms with van der Waals surface area (Å²) in [7, 11) is 0. The van der Waals surface area contributed by atoms with E-state index in [2.05, 4.69) is 20.5 Å². The van der Waals surface area contributed by atoms with Crippen molar-refractivity contribution < 1.29 is 9.53 Å². The van der Waals surface area contributed by atoms with E-state index < -0.39 is 0 Å². The van der Waals surface area contributed by atoms with Gasteiger partial charge in [-0.3, -0.25) is 9.89 Å². The van der Waals surface area contributed by atoms with Gasteiger partial charge in [0.1, 0.15) is 5.75 Å². The van der Waals surface area contributed by atoms with Gasteiger partial charge in [0.25, 0.3) is 5.91 Å². The first kappa shape index (κ1) is 16.8. The summed E-state index contributed by atoms with van der Waals surface area (Å²) in [4.78, 5) is 17.4. The molecule has 0 radical (unpaired) electrons. The predicted octanol–water partition coefficient (Wildman–Crippen LogP) is 4.62. The van der Waals surface area contributed by atoms with Crippen LogP contribution in [0.1, 0.15) is 21.7 Å². The second-order valence-corrected chi connectivity index (χ2v) is 6.21. The number of carbonyl (C=O) groups is 1. The fraction of sp³-hybridized carbons (Fsp3) is 0.0952. The van der Waals surface area contributed by atoms with Gasteiger partial charge in [-0.05, 0) is 44.2 Å². The molecule has 0 saturated heterocycles. The molecule has 0 bridgehead atoms. The summed E-state index contributed by atoms with van der Waals surface area (Å²) in [5, 5.41) is 10.7. The van der Waals surface area contributed by atoms with Gasteiger partial charge >= 0.3 is 0 Å². The minimum atomic E-state index is -0.237. The zero-order valence-electron chi connectivity index (χ0n) is 15.0. The van der Waals surface area contributed by atoms with Gasteiger partial charge in [0, 0.05) is 5.69 Å². The Morgan fingerprint density at radius 3 is 2.59 bits per heavy atom. The van der Waals surface area contributed by atoms with Gasteiger partial charge in [-0.15, -0.1) is 0 Å². The van der Waals surface area contributed by atoms with Gasteiger partial charge in [0.15, 0.2) is 11.4 Å². The van der Waals surface area contributed by atoms with Crippen LogP contribution in [0, 0.1) is 13.8 Å². The number of para-hydroxylation sites is 3. The molecule has 0 aliphatic heterocycles. The highest BCUT2D eigenvalue weighted by atomic mass is 16.5. The van der Waals surface area contributed by atoms with Crippen LogP contribution >= 0.6 is 0 Å². The molecule has 0 aliphatic carbocycles. The zero-order chi connectivity index (χ0) is 18.8. The van der Waals surface area contributed by atoms with Gasteiger partial charge in [-0.2, -0.15) is 5.10 Å². The molecule has 2 aromatic heterocycles. The van der Waals surface area contributed by atoms with Crippen molar-refractivity contribution in [1.29, 1.82) is 0 Å². The second kappa shape index (κ2) is 6.92. The van der Waals surface area contributed by atoms with E-state index in [-0.39, 0.29) is 5.91 Å². The van der Waals surface area contributed by atoms with E-state index in [1.54, 1.807) is 6.07 Å². The molecule has 4 rings (SSSR count). The molecule has 2 aromatic carbocycles. The maximum atomic E-state index is 13.0. The number of nitrogens with one attached hydrogen (secondary N) is 2. The molecule has 4 aromatic rings. The summed E-state index contributed by atoms with van der Waals surface area (Å²) in [6, 6.07) is 18.6. The minimum Gasteiger partial charge on any atom is -0.455 e. The smallest absolute Gasteiger partial charge is 0.256 e. The molecule has 0 fully saturated rings. The van der Waals surface area contributed by atoms with Gasteiger partial charge in [0.05, 0.1) is 22.3 Å². The largest absolute Gasteiger partial charge is 0.455 e. The number of aromatic nitrogens is 3. The number of rotatable bonds is 4. The average molecular weight is 358 g/mol. The summed E-state index contributed by atoms with van der Waals surface area (Å²) in [5.41, 5.74) is 3.20. The maximum absolute atomic E-state index is 13.0. The van der Waals surface area contributed by atoms with Crippen molar-refractivity contribution >= 4 is 22.6 Å². The number of pyridine rings is 1. The topological polar surface area (TPSA) is 79.9 Å². The fourth-order valence-electron chi connectivity index (χ4n) is 2.96. The summed E-state index contributed by atoms with van der Waals surface area (Å²) in [6.45, 7) is 3.69. The third kappa shape index (κ3) is 3.37. The summed E-state index contributed by atoms with van der Waals surface area (Å²) in [5.74, 6) is 1.04. The van der Waals surface area contributed by atoms with Crippen LogP contribution in [0.25, 0.3) is 11.0 Å². The number of aromatic amines is 1. The lowest BCUT2D eigenvalue weighted by Crippen LogP contribution is -2.14. The maximum Gasteiger partial charge on any atom is 0.256 e. The van der Waals surface area contributed by atoms with Crippen LogP contribution in [0.5, 0.6) is 11.5 Å². The third-order valence-electron chi connectivity index (χ3n) is 4.19. The fourth-order valence-corrected chi connectivity index (χ4v) is 2.96. The number of benzene rings is 2. The van der Waals surface area contributed by atoms with Crippen molar-refractivity contribution in [3.63, 3.8) is 0 Å². The predicted molar refractivity (Wildman–Crippen MR) is 104 cm³/mol. The number of anilines is 1.